The van der Waals surface area contributed by atoms with Crippen LogP contribution in [0.4, 0.5) is 0 Å². The van der Waals surface area contributed by atoms with E-state index in [4.69, 9.17) is 16.9 Å². The van der Waals surface area contributed by atoms with Gasteiger partial charge < -0.3 is 5.32 Å². The third kappa shape index (κ3) is 3.29. The molecule has 1 aromatic heterocycles. The molecule has 2 atom stereocenters. The van der Waals surface area contributed by atoms with Crippen LogP contribution in [-0.2, 0) is 0 Å². The molecule has 20 heavy (non-hydrogen) atoms. The number of hydrogen-bond donors (Lipinski definition) is 1. The highest BCUT2D eigenvalue weighted by Gasteiger charge is 2.28. The summed E-state index contributed by atoms with van der Waals surface area (Å²) in [5.41, 5.74) is 1.31. The summed E-state index contributed by atoms with van der Waals surface area (Å²) in [6.07, 6.45) is 2.70. The SMILES string of the molecule is CC(C)c1cc(C(=O)NC2CCCC2C#N)cc(Cl)n1. The molecule has 0 aliphatic heterocycles. The van der Waals surface area contributed by atoms with E-state index in [0.29, 0.717) is 10.7 Å². The second-order valence-corrected chi connectivity index (χ2v) is 5.89. The Bertz CT molecular complexity index is 551. The van der Waals surface area contributed by atoms with Crippen molar-refractivity contribution in [2.45, 2.75) is 45.1 Å². The summed E-state index contributed by atoms with van der Waals surface area (Å²) < 4.78 is 0. The second-order valence-electron chi connectivity index (χ2n) is 5.50. The van der Waals surface area contributed by atoms with Crippen molar-refractivity contribution in [1.29, 1.82) is 5.26 Å². The largest absolute Gasteiger partial charge is 0.348 e. The topological polar surface area (TPSA) is 65.8 Å². The van der Waals surface area contributed by atoms with Gasteiger partial charge in [-0.3, -0.25) is 4.79 Å². The van der Waals surface area contributed by atoms with Gasteiger partial charge in [0.15, 0.2) is 0 Å². The highest BCUT2D eigenvalue weighted by molar-refractivity contribution is 6.29. The summed E-state index contributed by atoms with van der Waals surface area (Å²) in [7, 11) is 0. The molecule has 0 aromatic carbocycles. The maximum atomic E-state index is 12.3. The van der Waals surface area contributed by atoms with Crippen molar-refractivity contribution in [3.05, 3.63) is 28.5 Å². The van der Waals surface area contributed by atoms with E-state index in [2.05, 4.69) is 16.4 Å². The normalized spacial score (nSPS) is 21.8. The van der Waals surface area contributed by atoms with Crippen LogP contribution in [0.15, 0.2) is 12.1 Å². The zero-order chi connectivity index (χ0) is 14.7. The second kappa shape index (κ2) is 6.23. The van der Waals surface area contributed by atoms with E-state index < -0.39 is 0 Å². The summed E-state index contributed by atoms with van der Waals surface area (Å²) >= 11 is 5.97. The predicted molar refractivity (Wildman–Crippen MR) is 77.5 cm³/mol. The Morgan fingerprint density at radius 2 is 2.25 bits per heavy atom. The first kappa shape index (κ1) is 14.8. The molecule has 2 rings (SSSR count). The molecule has 1 aliphatic carbocycles. The summed E-state index contributed by atoms with van der Waals surface area (Å²) in [5.74, 6) is -0.0530. The number of carbonyl (C=O) groups excluding carboxylic acids is 1. The lowest BCUT2D eigenvalue weighted by molar-refractivity contribution is 0.0932. The molecule has 1 aromatic rings. The first-order valence-electron chi connectivity index (χ1n) is 6.89. The number of pyridine rings is 1. The molecule has 1 heterocycles. The van der Waals surface area contributed by atoms with Gasteiger partial charge in [-0.15, -0.1) is 0 Å². The average molecular weight is 292 g/mol. The lowest BCUT2D eigenvalue weighted by atomic mass is 10.0. The Hall–Kier alpha value is -1.60. The zero-order valence-electron chi connectivity index (χ0n) is 11.7. The molecule has 1 aliphatic rings. The first-order valence-corrected chi connectivity index (χ1v) is 7.27. The van der Waals surface area contributed by atoms with Crippen LogP contribution in [-0.4, -0.2) is 16.9 Å². The molecule has 0 saturated heterocycles. The molecule has 1 amide bonds. The number of nitriles is 1. The molecule has 4 nitrogen and oxygen atoms in total. The van der Waals surface area contributed by atoms with Gasteiger partial charge in [0.05, 0.1) is 12.0 Å². The van der Waals surface area contributed by atoms with Gasteiger partial charge >= 0.3 is 0 Å². The van der Waals surface area contributed by atoms with Crippen molar-refractivity contribution in [3.63, 3.8) is 0 Å². The number of amides is 1. The quantitative estimate of drug-likeness (QED) is 0.869. The van der Waals surface area contributed by atoms with Gasteiger partial charge in [-0.05, 0) is 37.3 Å². The minimum atomic E-state index is -0.177. The van der Waals surface area contributed by atoms with Crippen LogP contribution < -0.4 is 5.32 Å². The molecule has 0 radical (unpaired) electrons. The molecule has 2 unspecified atom stereocenters. The van der Waals surface area contributed by atoms with Crippen molar-refractivity contribution in [2.75, 3.05) is 0 Å². The van der Waals surface area contributed by atoms with E-state index >= 15 is 0 Å². The third-order valence-electron chi connectivity index (χ3n) is 3.67. The fraction of sp³-hybridized carbons (Fsp3) is 0.533. The molecule has 1 fully saturated rings. The van der Waals surface area contributed by atoms with Crippen LogP contribution in [0.2, 0.25) is 5.15 Å². The van der Waals surface area contributed by atoms with Crippen molar-refractivity contribution in [3.8, 4) is 6.07 Å². The van der Waals surface area contributed by atoms with Crippen molar-refractivity contribution < 1.29 is 4.79 Å². The lowest BCUT2D eigenvalue weighted by Crippen LogP contribution is -2.37. The molecule has 5 heteroatoms. The van der Waals surface area contributed by atoms with Crippen molar-refractivity contribution in [1.82, 2.24) is 10.3 Å². The van der Waals surface area contributed by atoms with E-state index in [0.717, 1.165) is 25.0 Å². The number of nitrogens with one attached hydrogen (secondary N) is 1. The predicted octanol–water partition coefficient (Wildman–Crippen LogP) is 3.28. The summed E-state index contributed by atoms with van der Waals surface area (Å²) in [5, 5.41) is 12.3. The Kier molecular flexibility index (Phi) is 4.61. The van der Waals surface area contributed by atoms with E-state index in [1.54, 1.807) is 12.1 Å². The fourth-order valence-electron chi connectivity index (χ4n) is 2.48. The van der Waals surface area contributed by atoms with E-state index in [1.165, 1.54) is 0 Å². The van der Waals surface area contributed by atoms with Gasteiger partial charge in [0.25, 0.3) is 5.91 Å². The Labute approximate surface area is 124 Å². The third-order valence-corrected chi connectivity index (χ3v) is 3.86. The average Bonchev–Trinajstić information content (AvgIpc) is 2.85. The van der Waals surface area contributed by atoms with E-state index in [1.807, 2.05) is 13.8 Å². The molecule has 0 spiro atoms. The van der Waals surface area contributed by atoms with Gasteiger partial charge in [-0.1, -0.05) is 25.4 Å². The Morgan fingerprint density at radius 1 is 1.50 bits per heavy atom. The number of aromatic nitrogens is 1. The van der Waals surface area contributed by atoms with Crippen LogP contribution in [0.5, 0.6) is 0 Å². The molecule has 106 valence electrons. The van der Waals surface area contributed by atoms with Gasteiger partial charge in [0.2, 0.25) is 0 Å². The van der Waals surface area contributed by atoms with E-state index in [-0.39, 0.29) is 23.8 Å². The maximum Gasteiger partial charge on any atom is 0.251 e. The van der Waals surface area contributed by atoms with Gasteiger partial charge in [-0.25, -0.2) is 4.98 Å². The fourth-order valence-corrected chi connectivity index (χ4v) is 2.70. The molecular formula is C15H18ClN3O. The standard InChI is InChI=1S/C15H18ClN3O/c1-9(2)13-6-11(7-14(16)18-13)15(20)19-12-5-3-4-10(12)8-17/h6-7,9-10,12H,3-5H2,1-2H3,(H,19,20). The van der Waals surface area contributed by atoms with Crippen molar-refractivity contribution in [2.24, 2.45) is 5.92 Å². The van der Waals surface area contributed by atoms with Crippen LogP contribution >= 0.6 is 11.6 Å². The Morgan fingerprint density at radius 3 is 2.90 bits per heavy atom. The number of hydrogen-bond acceptors (Lipinski definition) is 3. The first-order chi connectivity index (χ1) is 9.51. The highest BCUT2D eigenvalue weighted by atomic mass is 35.5. The van der Waals surface area contributed by atoms with Crippen LogP contribution in [0.25, 0.3) is 0 Å². The van der Waals surface area contributed by atoms with E-state index in [9.17, 15) is 4.79 Å². The van der Waals surface area contributed by atoms with Gasteiger partial charge in [0.1, 0.15) is 5.15 Å². The number of nitrogens with zero attached hydrogens (tertiary/aromatic N) is 2. The van der Waals surface area contributed by atoms with Crippen LogP contribution in [0, 0.1) is 17.2 Å². The van der Waals surface area contributed by atoms with Gasteiger partial charge in [0, 0.05) is 17.3 Å². The minimum absolute atomic E-state index is 0.0538. The summed E-state index contributed by atoms with van der Waals surface area (Å²) in [6.45, 7) is 4.01. The number of carbonyl (C=O) groups is 1. The maximum absolute atomic E-state index is 12.3. The monoisotopic (exact) mass is 291 g/mol. The van der Waals surface area contributed by atoms with Crippen LogP contribution in [0.1, 0.15) is 55.1 Å². The number of rotatable bonds is 3. The smallest absolute Gasteiger partial charge is 0.251 e. The molecular weight excluding hydrogens is 274 g/mol. The summed E-state index contributed by atoms with van der Waals surface area (Å²) in [6, 6.07) is 5.54. The highest BCUT2D eigenvalue weighted by Crippen LogP contribution is 2.25. The molecule has 1 N–H and O–H groups in total. The summed E-state index contributed by atoms with van der Waals surface area (Å²) in [4.78, 5) is 16.5. The zero-order valence-corrected chi connectivity index (χ0v) is 12.4. The number of halogens is 1. The minimum Gasteiger partial charge on any atom is -0.348 e. The van der Waals surface area contributed by atoms with Crippen molar-refractivity contribution >= 4 is 17.5 Å². The Balaban J connectivity index is 2.15. The van der Waals surface area contributed by atoms with Crippen LogP contribution in [0.3, 0.4) is 0 Å². The molecule has 0 bridgehead atoms. The lowest BCUT2D eigenvalue weighted by Gasteiger charge is -2.16. The molecule has 1 saturated carbocycles. The van der Waals surface area contributed by atoms with Gasteiger partial charge in [-0.2, -0.15) is 5.26 Å².